The molecular formula is C17H18N3O2S+. The number of anilines is 1. The van der Waals surface area contributed by atoms with Crippen LogP contribution in [-0.4, -0.2) is 13.0 Å². The van der Waals surface area contributed by atoms with Gasteiger partial charge < -0.3 is 0 Å². The summed E-state index contributed by atoms with van der Waals surface area (Å²) in [4.78, 5) is 0. The highest BCUT2D eigenvalue weighted by Crippen LogP contribution is 2.33. The summed E-state index contributed by atoms with van der Waals surface area (Å²) >= 11 is 0. The Morgan fingerprint density at radius 1 is 1.13 bits per heavy atom. The third-order valence-electron chi connectivity index (χ3n) is 4.67. The van der Waals surface area contributed by atoms with Crippen LogP contribution in [0.3, 0.4) is 0 Å². The van der Waals surface area contributed by atoms with Crippen LogP contribution in [0.2, 0.25) is 0 Å². The van der Waals surface area contributed by atoms with E-state index in [1.54, 1.807) is 6.33 Å². The molecule has 0 saturated carbocycles. The molecule has 0 bridgehead atoms. The van der Waals surface area contributed by atoms with Gasteiger partial charge in [-0.15, -0.1) is 0 Å². The molecule has 0 amide bonds. The summed E-state index contributed by atoms with van der Waals surface area (Å²) in [5.74, 6) is 0. The van der Waals surface area contributed by atoms with E-state index in [4.69, 9.17) is 0 Å². The first-order valence-electron chi connectivity index (χ1n) is 7.51. The Kier molecular flexibility index (Phi) is 2.84. The molecular weight excluding hydrogens is 310 g/mol. The van der Waals surface area contributed by atoms with E-state index in [1.807, 2.05) is 30.5 Å². The van der Waals surface area contributed by atoms with Gasteiger partial charge >= 0.3 is 10.2 Å². The molecule has 1 aromatic heterocycles. The number of nitrogens with zero attached hydrogens (tertiary/aromatic N) is 2. The lowest BCUT2D eigenvalue weighted by atomic mass is 10.1. The minimum Gasteiger partial charge on any atom is -0.244 e. The quantitative estimate of drug-likeness (QED) is 0.735. The molecule has 1 aliphatic heterocycles. The maximum atomic E-state index is 12.4. The van der Waals surface area contributed by atoms with Crippen molar-refractivity contribution in [2.24, 2.45) is 0 Å². The molecule has 0 spiro atoms. The number of benzene rings is 2. The lowest BCUT2D eigenvalue weighted by molar-refractivity contribution is -0.478. The Morgan fingerprint density at radius 2 is 1.87 bits per heavy atom. The Balaban J connectivity index is 1.99. The summed E-state index contributed by atoms with van der Waals surface area (Å²) in [6.45, 7) is 6.67. The molecule has 118 valence electrons. The lowest BCUT2D eigenvalue weighted by Gasteiger charge is -2.06. The smallest absolute Gasteiger partial charge is 0.244 e. The predicted molar refractivity (Wildman–Crippen MR) is 89.8 cm³/mol. The predicted octanol–water partition coefficient (Wildman–Crippen LogP) is 2.42. The summed E-state index contributed by atoms with van der Waals surface area (Å²) in [6, 6.07) is 10.2. The zero-order valence-corrected chi connectivity index (χ0v) is 14.1. The maximum absolute atomic E-state index is 12.4. The van der Waals surface area contributed by atoms with Crippen molar-refractivity contribution in [3.8, 4) is 0 Å². The standard InChI is InChI=1S/C17H18N3O2S/c1-11-6-4-5-7-14(11)9-19-10-20-17-15(19)8-12(2)13(3)16(17)18-23(20,21)22/h4-8,10,18H,9H2,1-3H3/q+1. The maximum Gasteiger partial charge on any atom is 0.402 e. The molecule has 0 saturated heterocycles. The van der Waals surface area contributed by atoms with Gasteiger partial charge in [0.25, 0.3) is 6.33 Å². The van der Waals surface area contributed by atoms with Crippen LogP contribution in [0.25, 0.3) is 11.0 Å². The average Bonchev–Trinajstić information content (AvgIpc) is 2.97. The molecule has 1 N–H and O–H groups in total. The van der Waals surface area contributed by atoms with E-state index < -0.39 is 10.2 Å². The second kappa shape index (κ2) is 4.58. The number of nitrogens with one attached hydrogen (secondary N) is 1. The molecule has 0 atom stereocenters. The number of rotatable bonds is 2. The van der Waals surface area contributed by atoms with Gasteiger partial charge in [-0.1, -0.05) is 28.2 Å². The lowest BCUT2D eigenvalue weighted by Crippen LogP contribution is -2.41. The van der Waals surface area contributed by atoms with Crippen molar-refractivity contribution in [2.45, 2.75) is 27.3 Å². The molecule has 23 heavy (non-hydrogen) atoms. The van der Waals surface area contributed by atoms with Gasteiger partial charge in [-0.05, 0) is 49.1 Å². The number of hydrogen-bond acceptors (Lipinski definition) is 2. The van der Waals surface area contributed by atoms with Crippen molar-refractivity contribution in [3.63, 3.8) is 0 Å². The van der Waals surface area contributed by atoms with Gasteiger partial charge in [-0.2, -0.15) is 8.42 Å². The summed E-state index contributed by atoms with van der Waals surface area (Å²) in [7, 11) is -3.53. The number of aryl methyl sites for hydroxylation is 2. The molecule has 0 radical (unpaired) electrons. The first kappa shape index (κ1) is 14.3. The van der Waals surface area contributed by atoms with Crippen LogP contribution in [-0.2, 0) is 16.8 Å². The average molecular weight is 328 g/mol. The first-order chi connectivity index (χ1) is 10.9. The van der Waals surface area contributed by atoms with E-state index in [0.717, 1.165) is 22.2 Å². The van der Waals surface area contributed by atoms with Crippen LogP contribution in [0.5, 0.6) is 0 Å². The van der Waals surface area contributed by atoms with Gasteiger partial charge in [0, 0.05) is 0 Å². The van der Waals surface area contributed by atoms with E-state index in [2.05, 4.69) is 29.8 Å². The first-order valence-corrected chi connectivity index (χ1v) is 8.95. The van der Waals surface area contributed by atoms with E-state index in [1.165, 1.54) is 15.1 Å². The van der Waals surface area contributed by atoms with Crippen molar-refractivity contribution >= 4 is 26.9 Å². The van der Waals surface area contributed by atoms with Crippen LogP contribution >= 0.6 is 0 Å². The molecule has 6 heteroatoms. The summed E-state index contributed by atoms with van der Waals surface area (Å²) in [6.07, 6.45) is 1.68. The van der Waals surface area contributed by atoms with Crippen LogP contribution in [0, 0.1) is 20.8 Å². The molecule has 2 aromatic carbocycles. The van der Waals surface area contributed by atoms with Crippen molar-refractivity contribution in [3.05, 3.63) is 58.9 Å². The number of aromatic nitrogens is 2. The Bertz CT molecular complexity index is 1070. The largest absolute Gasteiger partial charge is 0.402 e. The monoisotopic (exact) mass is 328 g/mol. The Morgan fingerprint density at radius 3 is 2.61 bits per heavy atom. The Hall–Kier alpha value is -2.34. The van der Waals surface area contributed by atoms with Gasteiger partial charge in [0.1, 0.15) is 12.2 Å². The van der Waals surface area contributed by atoms with E-state index in [0.29, 0.717) is 12.2 Å². The van der Waals surface area contributed by atoms with E-state index in [-0.39, 0.29) is 0 Å². The van der Waals surface area contributed by atoms with E-state index in [9.17, 15) is 8.42 Å². The topological polar surface area (TPSA) is 55.0 Å². The van der Waals surface area contributed by atoms with E-state index >= 15 is 0 Å². The normalized spacial score (nSPS) is 15.1. The van der Waals surface area contributed by atoms with Gasteiger partial charge in [0.15, 0.2) is 5.52 Å². The van der Waals surface area contributed by atoms with Crippen LogP contribution in [0.15, 0.2) is 36.7 Å². The third kappa shape index (κ3) is 1.98. The zero-order chi connectivity index (χ0) is 16.4. The van der Waals surface area contributed by atoms with Gasteiger partial charge in [-0.3, -0.25) is 0 Å². The molecule has 1 aliphatic rings. The third-order valence-corrected chi connectivity index (χ3v) is 5.92. The highest BCUT2D eigenvalue weighted by Gasteiger charge is 2.37. The van der Waals surface area contributed by atoms with Crippen LogP contribution in [0.4, 0.5) is 5.69 Å². The van der Waals surface area contributed by atoms with Gasteiger partial charge in [-0.25, -0.2) is 9.29 Å². The fourth-order valence-corrected chi connectivity index (χ4v) is 4.42. The molecule has 0 aliphatic carbocycles. The SMILES string of the molecule is Cc1ccccc1Cn1c[n+]2c3c(c(C)c(C)cc31)NS2(=O)=O. The van der Waals surface area contributed by atoms with Crippen LogP contribution < -0.4 is 8.69 Å². The second-order valence-corrected chi connectivity index (χ2v) is 7.68. The van der Waals surface area contributed by atoms with Crippen molar-refractivity contribution in [2.75, 3.05) is 4.72 Å². The minimum atomic E-state index is -3.53. The van der Waals surface area contributed by atoms with Crippen LogP contribution in [0.1, 0.15) is 22.3 Å². The van der Waals surface area contributed by atoms with Crippen molar-refractivity contribution in [1.82, 2.24) is 4.57 Å². The second-order valence-electron chi connectivity index (χ2n) is 6.13. The van der Waals surface area contributed by atoms with Gasteiger partial charge in [0.05, 0.1) is 0 Å². The molecule has 4 rings (SSSR count). The van der Waals surface area contributed by atoms with Crippen molar-refractivity contribution in [1.29, 1.82) is 0 Å². The number of imidazole rings is 1. The van der Waals surface area contributed by atoms with Crippen molar-refractivity contribution < 1.29 is 12.4 Å². The minimum absolute atomic E-state index is 0.646. The highest BCUT2D eigenvalue weighted by atomic mass is 32.2. The molecule has 0 fully saturated rings. The molecule has 2 heterocycles. The molecule has 5 nitrogen and oxygen atoms in total. The molecule has 0 unspecified atom stereocenters. The molecule has 3 aromatic rings. The summed E-state index contributed by atoms with van der Waals surface area (Å²) in [5.41, 5.74) is 6.80. The summed E-state index contributed by atoms with van der Waals surface area (Å²) < 4.78 is 30.8. The summed E-state index contributed by atoms with van der Waals surface area (Å²) in [5, 5.41) is 0. The van der Waals surface area contributed by atoms with Gasteiger partial charge in [0.2, 0.25) is 5.52 Å². The fourth-order valence-electron chi connectivity index (χ4n) is 3.16. The highest BCUT2D eigenvalue weighted by molar-refractivity contribution is 7.86. The fraction of sp³-hybridized carbons (Fsp3) is 0.235. The zero-order valence-electron chi connectivity index (χ0n) is 13.3. The Labute approximate surface area is 135 Å². The number of hydrogen-bond donors (Lipinski definition) is 1.